The van der Waals surface area contributed by atoms with Gasteiger partial charge in [0.05, 0.1) is 17.2 Å². The predicted molar refractivity (Wildman–Crippen MR) is 63.5 cm³/mol. The Bertz CT molecular complexity index is 400. The van der Waals surface area contributed by atoms with Gasteiger partial charge in [0.1, 0.15) is 4.88 Å². The molecule has 2 rings (SSSR count). The van der Waals surface area contributed by atoms with E-state index >= 15 is 0 Å². The number of thiophene rings is 1. The molecule has 1 aliphatic rings. The van der Waals surface area contributed by atoms with Gasteiger partial charge >= 0.3 is 5.97 Å². The summed E-state index contributed by atoms with van der Waals surface area (Å²) in [5, 5.41) is 9.87. The van der Waals surface area contributed by atoms with Gasteiger partial charge in [0.2, 0.25) is 0 Å². The Morgan fingerprint density at radius 1 is 1.56 bits per heavy atom. The van der Waals surface area contributed by atoms with Gasteiger partial charge in [-0.2, -0.15) is 0 Å². The number of nitrogens with zero attached hydrogens (tertiary/aromatic N) is 1. The predicted octanol–water partition coefficient (Wildman–Crippen LogP) is 2.06. The summed E-state index contributed by atoms with van der Waals surface area (Å²) in [6.07, 6.45) is 0. The molecule has 0 atom stereocenters. The number of rotatable bonds is 2. The first-order valence-corrected chi connectivity index (χ1v) is 6.02. The van der Waals surface area contributed by atoms with Crippen molar-refractivity contribution < 1.29 is 14.6 Å². The Hall–Kier alpha value is -1.07. The molecule has 5 heteroatoms. The molecule has 1 fully saturated rings. The van der Waals surface area contributed by atoms with Crippen LogP contribution in [0.25, 0.3) is 0 Å². The number of carboxylic acid groups (broad SMARTS) is 1. The van der Waals surface area contributed by atoms with E-state index in [0.29, 0.717) is 11.5 Å². The van der Waals surface area contributed by atoms with Crippen LogP contribution < -0.4 is 4.90 Å². The van der Waals surface area contributed by atoms with Crippen LogP contribution in [0.5, 0.6) is 0 Å². The molecule has 0 aromatic carbocycles. The monoisotopic (exact) mass is 241 g/mol. The Morgan fingerprint density at radius 2 is 2.31 bits per heavy atom. The summed E-state index contributed by atoms with van der Waals surface area (Å²) >= 11 is 1.32. The molecule has 1 aliphatic heterocycles. The van der Waals surface area contributed by atoms with Crippen LogP contribution in [0, 0.1) is 0 Å². The highest BCUT2D eigenvalue weighted by Gasteiger charge is 2.28. The Morgan fingerprint density at radius 3 is 2.88 bits per heavy atom. The van der Waals surface area contributed by atoms with Gasteiger partial charge in [-0.15, -0.1) is 11.3 Å². The standard InChI is InChI=1S/C11H15NO3S/c1-11(2)7-12(5-6-15-11)9-4-3-8(16-9)10(13)14/h3-4H,5-7H2,1-2H3,(H,13,14). The molecule has 1 N–H and O–H groups in total. The lowest BCUT2D eigenvalue weighted by Crippen LogP contribution is -2.48. The number of ether oxygens (including phenoxy) is 1. The lowest BCUT2D eigenvalue weighted by atomic mass is 10.1. The Balaban J connectivity index is 2.14. The lowest BCUT2D eigenvalue weighted by Gasteiger charge is -2.38. The molecule has 16 heavy (non-hydrogen) atoms. The van der Waals surface area contributed by atoms with E-state index in [0.717, 1.165) is 18.1 Å². The molecular formula is C11H15NO3S. The van der Waals surface area contributed by atoms with E-state index in [1.165, 1.54) is 11.3 Å². The van der Waals surface area contributed by atoms with Crippen molar-refractivity contribution in [1.82, 2.24) is 0 Å². The van der Waals surface area contributed by atoms with Crippen LogP contribution in [-0.2, 0) is 4.74 Å². The van der Waals surface area contributed by atoms with Gasteiger partial charge in [-0.25, -0.2) is 4.79 Å². The average Bonchev–Trinajstić information content (AvgIpc) is 2.64. The van der Waals surface area contributed by atoms with Crippen LogP contribution in [0.4, 0.5) is 5.00 Å². The summed E-state index contributed by atoms with van der Waals surface area (Å²) in [6.45, 7) is 6.40. The Kier molecular flexibility index (Phi) is 2.90. The van der Waals surface area contributed by atoms with E-state index in [9.17, 15) is 4.79 Å². The van der Waals surface area contributed by atoms with E-state index in [-0.39, 0.29) is 5.60 Å². The minimum Gasteiger partial charge on any atom is -0.477 e. The van der Waals surface area contributed by atoms with E-state index in [1.54, 1.807) is 6.07 Å². The molecule has 0 amide bonds. The molecule has 1 saturated heterocycles. The molecule has 0 unspecified atom stereocenters. The number of carbonyl (C=O) groups is 1. The van der Waals surface area contributed by atoms with Crippen molar-refractivity contribution in [3.63, 3.8) is 0 Å². The van der Waals surface area contributed by atoms with Gasteiger partial charge in [0, 0.05) is 13.1 Å². The molecule has 0 bridgehead atoms. The number of hydrogen-bond donors (Lipinski definition) is 1. The number of hydrogen-bond acceptors (Lipinski definition) is 4. The fourth-order valence-corrected chi connectivity index (χ4v) is 2.69. The number of morpholine rings is 1. The third-order valence-electron chi connectivity index (χ3n) is 2.54. The first-order chi connectivity index (χ1) is 7.48. The zero-order valence-corrected chi connectivity index (χ0v) is 10.2. The molecular weight excluding hydrogens is 226 g/mol. The number of carboxylic acids is 1. The zero-order chi connectivity index (χ0) is 11.8. The first kappa shape index (κ1) is 11.4. The second kappa shape index (κ2) is 4.07. The number of anilines is 1. The minimum absolute atomic E-state index is 0.161. The van der Waals surface area contributed by atoms with Crippen LogP contribution in [0.3, 0.4) is 0 Å². The third kappa shape index (κ3) is 2.36. The fraction of sp³-hybridized carbons (Fsp3) is 0.545. The van der Waals surface area contributed by atoms with Crippen LogP contribution >= 0.6 is 11.3 Å². The van der Waals surface area contributed by atoms with Crippen LogP contribution in [0.1, 0.15) is 23.5 Å². The van der Waals surface area contributed by atoms with Crippen LogP contribution in [0.2, 0.25) is 0 Å². The molecule has 88 valence electrons. The topological polar surface area (TPSA) is 49.8 Å². The van der Waals surface area contributed by atoms with Gasteiger partial charge in [-0.3, -0.25) is 0 Å². The first-order valence-electron chi connectivity index (χ1n) is 5.20. The van der Waals surface area contributed by atoms with Crippen molar-refractivity contribution >= 4 is 22.3 Å². The minimum atomic E-state index is -0.858. The van der Waals surface area contributed by atoms with Crippen molar-refractivity contribution in [2.45, 2.75) is 19.4 Å². The molecule has 0 spiro atoms. The third-order valence-corrected chi connectivity index (χ3v) is 3.67. The summed E-state index contributed by atoms with van der Waals surface area (Å²) in [4.78, 5) is 13.4. The van der Waals surface area contributed by atoms with Crippen molar-refractivity contribution in [1.29, 1.82) is 0 Å². The highest BCUT2D eigenvalue weighted by molar-refractivity contribution is 7.17. The summed E-state index contributed by atoms with van der Waals surface area (Å²) in [5.74, 6) is -0.858. The molecule has 0 aliphatic carbocycles. The van der Waals surface area contributed by atoms with E-state index in [2.05, 4.69) is 4.90 Å². The van der Waals surface area contributed by atoms with Gasteiger partial charge < -0.3 is 14.7 Å². The molecule has 1 aromatic heterocycles. The van der Waals surface area contributed by atoms with E-state index < -0.39 is 5.97 Å². The van der Waals surface area contributed by atoms with E-state index in [4.69, 9.17) is 9.84 Å². The second-order valence-corrected chi connectivity index (χ2v) is 5.53. The van der Waals surface area contributed by atoms with Crippen LogP contribution in [0.15, 0.2) is 12.1 Å². The smallest absolute Gasteiger partial charge is 0.345 e. The summed E-state index contributed by atoms with van der Waals surface area (Å²) < 4.78 is 5.62. The van der Waals surface area contributed by atoms with Crippen molar-refractivity contribution in [2.75, 3.05) is 24.6 Å². The Labute approximate surface area is 98.4 Å². The SMILES string of the molecule is CC1(C)CN(c2ccc(C(=O)O)s2)CCO1. The van der Waals surface area contributed by atoms with Gasteiger partial charge in [-0.1, -0.05) is 0 Å². The largest absolute Gasteiger partial charge is 0.477 e. The average molecular weight is 241 g/mol. The second-order valence-electron chi connectivity index (χ2n) is 4.47. The molecule has 2 heterocycles. The van der Waals surface area contributed by atoms with Gasteiger partial charge in [0.25, 0.3) is 0 Å². The molecule has 1 aromatic rings. The lowest BCUT2D eigenvalue weighted by molar-refractivity contribution is -0.0275. The summed E-state index contributed by atoms with van der Waals surface area (Å²) in [7, 11) is 0. The molecule has 0 radical (unpaired) electrons. The van der Waals surface area contributed by atoms with Crippen molar-refractivity contribution in [3.05, 3.63) is 17.0 Å². The normalized spacial score (nSPS) is 19.8. The quantitative estimate of drug-likeness (QED) is 0.861. The highest BCUT2D eigenvalue weighted by Crippen LogP contribution is 2.29. The fourth-order valence-electron chi connectivity index (χ4n) is 1.82. The van der Waals surface area contributed by atoms with Crippen LogP contribution in [-0.4, -0.2) is 36.4 Å². The van der Waals surface area contributed by atoms with Crippen molar-refractivity contribution in [3.8, 4) is 0 Å². The maximum absolute atomic E-state index is 10.8. The maximum Gasteiger partial charge on any atom is 0.345 e. The molecule has 0 saturated carbocycles. The van der Waals surface area contributed by atoms with E-state index in [1.807, 2.05) is 19.9 Å². The van der Waals surface area contributed by atoms with Gasteiger partial charge in [0.15, 0.2) is 0 Å². The zero-order valence-electron chi connectivity index (χ0n) is 9.40. The van der Waals surface area contributed by atoms with Crippen molar-refractivity contribution in [2.24, 2.45) is 0 Å². The highest BCUT2D eigenvalue weighted by atomic mass is 32.1. The maximum atomic E-state index is 10.8. The van der Waals surface area contributed by atoms with Gasteiger partial charge in [-0.05, 0) is 26.0 Å². The number of aromatic carboxylic acids is 1. The molecule has 4 nitrogen and oxygen atoms in total. The summed E-state index contributed by atoms with van der Waals surface area (Å²) in [5.41, 5.74) is -0.161. The summed E-state index contributed by atoms with van der Waals surface area (Å²) in [6, 6.07) is 3.53.